The number of aliphatic hydroxyl groups excluding tert-OH is 1. The number of rotatable bonds is 8. The first-order valence-corrected chi connectivity index (χ1v) is 13.2. The zero-order valence-corrected chi connectivity index (χ0v) is 23.1. The predicted molar refractivity (Wildman–Crippen MR) is 152 cm³/mol. The Morgan fingerprint density at radius 2 is 1.81 bits per heavy atom. The van der Waals surface area contributed by atoms with Crippen LogP contribution in [0.1, 0.15) is 23.6 Å². The average molecular weight is 581 g/mol. The number of aryl methyl sites for hydroxylation is 1. The Morgan fingerprint density at radius 3 is 2.49 bits per heavy atom. The van der Waals surface area contributed by atoms with Gasteiger partial charge < -0.3 is 19.3 Å². The summed E-state index contributed by atoms with van der Waals surface area (Å²) in [6.45, 7) is 4.34. The Labute approximate surface area is 228 Å². The van der Waals surface area contributed by atoms with Crippen LogP contribution in [0.3, 0.4) is 0 Å². The van der Waals surface area contributed by atoms with Crippen LogP contribution in [-0.4, -0.2) is 29.8 Å². The standard InChI is InChI=1S/C29H26BrNO5S/c1-4-35-29(33)26-27(32)25(37-28(26)31-21-8-6-5-7-9-21)15-20-14-23(34-3)24(16-22(20)30)36-17-19-12-10-18(2)11-13-19/h5-16,32H,4,17H2,1-3H3/b25-15-,31-28?. The van der Waals surface area contributed by atoms with Crippen LogP contribution in [0.2, 0.25) is 0 Å². The fourth-order valence-electron chi connectivity index (χ4n) is 3.53. The van der Waals surface area contributed by atoms with Gasteiger partial charge in [-0.3, -0.25) is 0 Å². The van der Waals surface area contributed by atoms with Crippen molar-refractivity contribution in [1.82, 2.24) is 0 Å². The van der Waals surface area contributed by atoms with Crippen molar-refractivity contribution in [2.75, 3.05) is 13.7 Å². The van der Waals surface area contributed by atoms with Gasteiger partial charge in [0.25, 0.3) is 0 Å². The van der Waals surface area contributed by atoms with Crippen molar-refractivity contribution < 1.29 is 24.1 Å². The van der Waals surface area contributed by atoms with E-state index in [0.29, 0.717) is 33.7 Å². The molecular weight excluding hydrogens is 554 g/mol. The third-order valence-corrected chi connectivity index (χ3v) is 7.15. The minimum absolute atomic E-state index is 0.0445. The number of aliphatic hydroxyl groups is 1. The second-order valence-corrected chi connectivity index (χ2v) is 9.99. The summed E-state index contributed by atoms with van der Waals surface area (Å²) in [5, 5.41) is 11.4. The minimum atomic E-state index is -0.623. The van der Waals surface area contributed by atoms with E-state index in [4.69, 9.17) is 14.2 Å². The van der Waals surface area contributed by atoms with Gasteiger partial charge in [-0.15, -0.1) is 0 Å². The molecule has 4 rings (SSSR count). The molecule has 37 heavy (non-hydrogen) atoms. The molecule has 0 aliphatic carbocycles. The van der Waals surface area contributed by atoms with Crippen LogP contribution in [0.5, 0.6) is 11.5 Å². The van der Waals surface area contributed by atoms with E-state index < -0.39 is 5.97 Å². The monoisotopic (exact) mass is 579 g/mol. The van der Waals surface area contributed by atoms with Crippen molar-refractivity contribution in [2.24, 2.45) is 4.99 Å². The molecule has 0 saturated heterocycles. The van der Waals surface area contributed by atoms with Gasteiger partial charge in [-0.2, -0.15) is 0 Å². The van der Waals surface area contributed by atoms with Crippen LogP contribution >= 0.6 is 27.7 Å². The van der Waals surface area contributed by atoms with Crippen molar-refractivity contribution in [3.8, 4) is 11.5 Å². The number of hydrogen-bond donors (Lipinski definition) is 1. The largest absolute Gasteiger partial charge is 0.506 e. The van der Waals surface area contributed by atoms with Crippen LogP contribution in [0.4, 0.5) is 5.69 Å². The first kappa shape index (κ1) is 26.6. The van der Waals surface area contributed by atoms with Crippen molar-refractivity contribution in [3.05, 3.63) is 104 Å². The summed E-state index contributed by atoms with van der Waals surface area (Å²) < 4.78 is 17.5. The van der Waals surface area contributed by atoms with Crippen LogP contribution in [0.15, 0.2) is 92.4 Å². The van der Waals surface area contributed by atoms with Crippen molar-refractivity contribution in [1.29, 1.82) is 0 Å². The van der Waals surface area contributed by atoms with Crippen molar-refractivity contribution in [2.45, 2.75) is 20.5 Å². The molecule has 0 spiro atoms. The van der Waals surface area contributed by atoms with Crippen LogP contribution in [0.25, 0.3) is 6.08 Å². The van der Waals surface area contributed by atoms with Gasteiger partial charge >= 0.3 is 5.97 Å². The highest BCUT2D eigenvalue weighted by molar-refractivity contribution is 9.10. The highest BCUT2D eigenvalue weighted by Crippen LogP contribution is 2.42. The molecule has 0 saturated carbocycles. The molecule has 0 aromatic heterocycles. The fraction of sp³-hybridized carbons (Fsp3) is 0.172. The molecule has 0 unspecified atom stereocenters. The molecule has 0 amide bonds. The molecule has 0 fully saturated rings. The lowest BCUT2D eigenvalue weighted by Crippen LogP contribution is -2.12. The molecule has 190 valence electrons. The lowest BCUT2D eigenvalue weighted by Gasteiger charge is -2.13. The molecule has 0 radical (unpaired) electrons. The summed E-state index contributed by atoms with van der Waals surface area (Å²) in [5.41, 5.74) is 3.68. The average Bonchev–Trinajstić information content (AvgIpc) is 3.19. The van der Waals surface area contributed by atoms with Crippen LogP contribution in [0, 0.1) is 6.92 Å². The SMILES string of the molecule is CCOC(=O)C1=C(O)/C(=C/c2cc(OC)c(OCc3ccc(C)cc3)cc2Br)SC1=Nc1ccccc1. The summed E-state index contributed by atoms with van der Waals surface area (Å²) >= 11 is 4.80. The zero-order chi connectivity index (χ0) is 26.4. The number of carbonyl (C=O) groups is 1. The van der Waals surface area contributed by atoms with Crippen LogP contribution < -0.4 is 9.47 Å². The van der Waals surface area contributed by atoms with Gasteiger partial charge in [-0.1, -0.05) is 75.7 Å². The molecule has 3 aromatic rings. The van der Waals surface area contributed by atoms with Gasteiger partial charge in [-0.05, 0) is 55.3 Å². The van der Waals surface area contributed by atoms with Gasteiger partial charge in [0.05, 0.1) is 24.3 Å². The van der Waals surface area contributed by atoms with E-state index in [1.807, 2.05) is 73.7 Å². The zero-order valence-electron chi connectivity index (χ0n) is 20.7. The summed E-state index contributed by atoms with van der Waals surface area (Å²) in [5.74, 6) is 0.317. The van der Waals surface area contributed by atoms with Gasteiger partial charge in [0.1, 0.15) is 23.0 Å². The summed E-state index contributed by atoms with van der Waals surface area (Å²) in [4.78, 5) is 17.7. The van der Waals surface area contributed by atoms with Crippen LogP contribution in [-0.2, 0) is 16.1 Å². The molecule has 1 heterocycles. The first-order valence-electron chi connectivity index (χ1n) is 11.6. The Hall–Kier alpha value is -3.49. The van der Waals surface area contributed by atoms with Crippen molar-refractivity contribution >= 4 is 50.5 Å². The van der Waals surface area contributed by atoms with Gasteiger partial charge in [0.15, 0.2) is 11.5 Å². The third kappa shape index (κ3) is 6.45. The number of carbonyl (C=O) groups excluding carboxylic acids is 1. The number of thioether (sulfide) groups is 1. The van der Waals surface area contributed by atoms with Gasteiger partial charge in [-0.25, -0.2) is 9.79 Å². The molecule has 0 bridgehead atoms. The van der Waals surface area contributed by atoms with E-state index >= 15 is 0 Å². The number of hydrogen-bond acceptors (Lipinski definition) is 7. The Kier molecular flexibility index (Phi) is 8.74. The Bertz CT molecular complexity index is 1380. The number of para-hydroxylation sites is 1. The highest BCUT2D eigenvalue weighted by Gasteiger charge is 2.33. The van der Waals surface area contributed by atoms with Gasteiger partial charge in [0, 0.05) is 4.47 Å². The number of methoxy groups -OCH3 is 1. The highest BCUT2D eigenvalue weighted by atomic mass is 79.9. The number of ether oxygens (including phenoxy) is 3. The molecule has 1 aliphatic rings. The number of nitrogens with zero attached hydrogens (tertiary/aromatic N) is 1. The molecule has 1 aliphatic heterocycles. The quantitative estimate of drug-likeness (QED) is 0.278. The van der Waals surface area contributed by atoms with E-state index in [9.17, 15) is 9.90 Å². The summed E-state index contributed by atoms with van der Waals surface area (Å²) in [6, 6.07) is 21.0. The Morgan fingerprint density at radius 1 is 1.08 bits per heavy atom. The number of benzene rings is 3. The van der Waals surface area contributed by atoms with E-state index in [2.05, 4.69) is 20.9 Å². The van der Waals surface area contributed by atoms with E-state index in [-0.39, 0.29) is 17.9 Å². The molecule has 6 nitrogen and oxygen atoms in total. The van der Waals surface area contributed by atoms with Crippen molar-refractivity contribution in [3.63, 3.8) is 0 Å². The summed E-state index contributed by atoms with van der Waals surface area (Å²) in [6.07, 6.45) is 1.77. The van der Waals surface area contributed by atoms with E-state index in [0.717, 1.165) is 15.6 Å². The number of aliphatic imine (C=N–C) groups is 1. The molecule has 3 aromatic carbocycles. The Balaban J connectivity index is 1.65. The maximum Gasteiger partial charge on any atom is 0.344 e. The third-order valence-electron chi connectivity index (χ3n) is 5.44. The second-order valence-electron chi connectivity index (χ2n) is 8.11. The molecule has 0 atom stereocenters. The van der Waals surface area contributed by atoms with E-state index in [1.54, 1.807) is 20.1 Å². The second kappa shape index (κ2) is 12.2. The molecule has 1 N–H and O–H groups in total. The fourth-order valence-corrected chi connectivity index (χ4v) is 4.99. The number of halogens is 1. The first-order chi connectivity index (χ1) is 17.9. The smallest absolute Gasteiger partial charge is 0.344 e. The van der Waals surface area contributed by atoms with Gasteiger partial charge in [0.2, 0.25) is 0 Å². The minimum Gasteiger partial charge on any atom is -0.506 e. The molecule has 8 heteroatoms. The topological polar surface area (TPSA) is 77.4 Å². The van der Waals surface area contributed by atoms with E-state index in [1.165, 1.54) is 17.3 Å². The lowest BCUT2D eigenvalue weighted by atomic mass is 10.1. The number of esters is 1. The lowest BCUT2D eigenvalue weighted by molar-refractivity contribution is -0.138. The summed E-state index contributed by atoms with van der Waals surface area (Å²) in [7, 11) is 1.57. The molecular formula is C29H26BrNO5S. The maximum absolute atomic E-state index is 12.7. The normalized spacial score (nSPS) is 15.4. The predicted octanol–water partition coefficient (Wildman–Crippen LogP) is 7.54. The maximum atomic E-state index is 12.7.